The number of hydrogen-bond acceptors (Lipinski definition) is 4. The zero-order valence-corrected chi connectivity index (χ0v) is 18.3. The average molecular weight is 484 g/mol. The van der Waals surface area contributed by atoms with Crippen molar-refractivity contribution in [2.24, 2.45) is 4.99 Å². The Morgan fingerprint density at radius 2 is 2.08 bits per heavy atom. The molecule has 2 heterocycles. The first-order chi connectivity index (χ1) is 12.3. The zero-order valence-electron chi connectivity index (χ0n) is 15.1. The van der Waals surface area contributed by atoms with Crippen LogP contribution in [-0.2, 0) is 19.4 Å². The molecular formula is C19H25IN4OS. The van der Waals surface area contributed by atoms with Gasteiger partial charge in [-0.2, -0.15) is 0 Å². The predicted octanol–water partition coefficient (Wildman–Crippen LogP) is 4.37. The van der Waals surface area contributed by atoms with Crippen LogP contribution < -0.4 is 10.6 Å². The Hall–Kier alpha value is -1.61. The number of guanidine groups is 1. The molecule has 0 atom stereocenters. The van der Waals surface area contributed by atoms with Gasteiger partial charge in [-0.1, -0.05) is 25.1 Å². The third-order valence-electron chi connectivity index (χ3n) is 3.81. The summed E-state index contributed by atoms with van der Waals surface area (Å²) in [4.78, 5) is 10.3. The number of rotatable bonds is 7. The quantitative estimate of drug-likeness (QED) is 0.297. The van der Waals surface area contributed by atoms with Gasteiger partial charge in [-0.05, 0) is 25.5 Å². The van der Waals surface area contributed by atoms with Crippen molar-refractivity contribution in [2.45, 2.75) is 33.2 Å². The normalized spacial score (nSPS) is 11.4. The summed E-state index contributed by atoms with van der Waals surface area (Å²) in [6.45, 7) is 6.40. The molecular weight excluding hydrogens is 459 g/mol. The van der Waals surface area contributed by atoms with E-state index >= 15 is 0 Å². The molecule has 0 aliphatic heterocycles. The van der Waals surface area contributed by atoms with Crippen LogP contribution in [0.1, 0.15) is 29.5 Å². The summed E-state index contributed by atoms with van der Waals surface area (Å²) < 4.78 is 5.85. The molecule has 0 bridgehead atoms. The summed E-state index contributed by atoms with van der Waals surface area (Å²) in [6.07, 6.45) is 3.78. The molecule has 0 amide bonds. The number of aliphatic imine (C=N–C) groups is 1. The van der Waals surface area contributed by atoms with Gasteiger partial charge in [0.2, 0.25) is 0 Å². The number of thiazole rings is 1. The summed E-state index contributed by atoms with van der Waals surface area (Å²) >= 11 is 1.73. The molecule has 0 saturated carbocycles. The molecule has 0 unspecified atom stereocenters. The Balaban J connectivity index is 0.00000243. The summed E-state index contributed by atoms with van der Waals surface area (Å²) in [5.74, 6) is 1.80. The molecule has 7 heteroatoms. The molecule has 0 fully saturated rings. The maximum Gasteiger partial charge on any atom is 0.191 e. The average Bonchev–Trinajstić information content (AvgIpc) is 3.25. The molecule has 3 rings (SSSR count). The number of benzene rings is 1. The fourth-order valence-corrected chi connectivity index (χ4v) is 3.32. The van der Waals surface area contributed by atoms with E-state index in [1.165, 1.54) is 4.88 Å². The van der Waals surface area contributed by atoms with Gasteiger partial charge in [0.15, 0.2) is 5.96 Å². The van der Waals surface area contributed by atoms with Gasteiger partial charge in [-0.25, -0.2) is 9.98 Å². The Labute approximate surface area is 175 Å². The summed E-state index contributed by atoms with van der Waals surface area (Å²) in [5.41, 5.74) is 0.938. The Bertz CT molecular complexity index is 810. The molecule has 0 aliphatic carbocycles. The van der Waals surface area contributed by atoms with Crippen molar-refractivity contribution in [1.29, 1.82) is 0 Å². The van der Waals surface area contributed by atoms with Crippen molar-refractivity contribution in [3.8, 4) is 0 Å². The first-order valence-electron chi connectivity index (χ1n) is 8.71. The highest BCUT2D eigenvalue weighted by Crippen LogP contribution is 2.18. The van der Waals surface area contributed by atoms with E-state index in [2.05, 4.69) is 46.6 Å². The minimum Gasteiger partial charge on any atom is -0.461 e. The minimum atomic E-state index is 0. The van der Waals surface area contributed by atoms with Crippen LogP contribution in [0.4, 0.5) is 0 Å². The first kappa shape index (κ1) is 20.7. The molecule has 5 nitrogen and oxygen atoms in total. The number of aryl methyl sites for hydroxylation is 1. The van der Waals surface area contributed by atoms with Crippen molar-refractivity contribution >= 4 is 52.2 Å². The van der Waals surface area contributed by atoms with E-state index in [4.69, 9.17) is 4.42 Å². The van der Waals surface area contributed by atoms with Gasteiger partial charge in [0, 0.05) is 36.0 Å². The molecule has 2 N–H and O–H groups in total. The van der Waals surface area contributed by atoms with Gasteiger partial charge in [0.05, 0.1) is 6.54 Å². The van der Waals surface area contributed by atoms with Crippen molar-refractivity contribution in [2.75, 3.05) is 13.1 Å². The highest BCUT2D eigenvalue weighted by molar-refractivity contribution is 14.0. The van der Waals surface area contributed by atoms with Gasteiger partial charge in [-0.15, -0.1) is 35.3 Å². The SMILES string of the molecule is CCNC(=NCc1ncc(CC)s1)NCCc1cc2ccccc2o1.I. The molecule has 2 aromatic heterocycles. The van der Waals surface area contributed by atoms with Gasteiger partial charge in [-0.3, -0.25) is 0 Å². The Kier molecular flexibility index (Phi) is 8.37. The number of aromatic nitrogens is 1. The maximum atomic E-state index is 5.85. The van der Waals surface area contributed by atoms with E-state index < -0.39 is 0 Å². The standard InChI is InChI=1S/C19H24N4OS.HI/c1-3-16-12-22-18(25-16)13-23-19(20-4-2)21-10-9-15-11-14-7-5-6-8-17(14)24-15;/h5-8,11-12H,3-4,9-10,13H2,1-2H3,(H2,20,21,23);1H. The van der Waals surface area contributed by atoms with E-state index in [1.807, 2.05) is 24.4 Å². The second-order valence-electron chi connectivity index (χ2n) is 5.70. The van der Waals surface area contributed by atoms with Crippen molar-refractivity contribution < 1.29 is 4.42 Å². The van der Waals surface area contributed by atoms with Gasteiger partial charge >= 0.3 is 0 Å². The Morgan fingerprint density at radius 3 is 2.81 bits per heavy atom. The van der Waals surface area contributed by atoms with Crippen LogP contribution in [0.3, 0.4) is 0 Å². The second kappa shape index (κ2) is 10.5. The van der Waals surface area contributed by atoms with Gasteiger partial charge in [0.25, 0.3) is 0 Å². The van der Waals surface area contributed by atoms with Crippen LogP contribution in [0.5, 0.6) is 0 Å². The highest BCUT2D eigenvalue weighted by Gasteiger charge is 2.04. The topological polar surface area (TPSA) is 62.5 Å². The van der Waals surface area contributed by atoms with E-state index in [0.717, 1.165) is 53.6 Å². The summed E-state index contributed by atoms with van der Waals surface area (Å²) in [6, 6.07) is 10.2. The van der Waals surface area contributed by atoms with E-state index in [1.54, 1.807) is 11.3 Å². The monoisotopic (exact) mass is 484 g/mol. The fraction of sp³-hybridized carbons (Fsp3) is 0.368. The largest absolute Gasteiger partial charge is 0.461 e. The molecule has 0 spiro atoms. The maximum absolute atomic E-state index is 5.85. The van der Waals surface area contributed by atoms with Crippen LogP contribution in [0.15, 0.2) is 45.9 Å². The molecule has 0 saturated heterocycles. The van der Waals surface area contributed by atoms with E-state index in [0.29, 0.717) is 6.54 Å². The lowest BCUT2D eigenvalue weighted by Gasteiger charge is -2.10. The zero-order chi connectivity index (χ0) is 17.5. The van der Waals surface area contributed by atoms with Crippen molar-refractivity contribution in [3.63, 3.8) is 0 Å². The van der Waals surface area contributed by atoms with E-state index in [-0.39, 0.29) is 24.0 Å². The second-order valence-corrected chi connectivity index (χ2v) is 6.90. The van der Waals surface area contributed by atoms with Crippen LogP contribution in [-0.4, -0.2) is 24.0 Å². The van der Waals surface area contributed by atoms with Gasteiger partial charge < -0.3 is 15.1 Å². The predicted molar refractivity (Wildman–Crippen MR) is 120 cm³/mol. The van der Waals surface area contributed by atoms with Gasteiger partial charge in [0.1, 0.15) is 16.4 Å². The number of para-hydroxylation sites is 1. The van der Waals surface area contributed by atoms with Crippen molar-refractivity contribution in [1.82, 2.24) is 15.6 Å². The highest BCUT2D eigenvalue weighted by atomic mass is 127. The minimum absolute atomic E-state index is 0. The van der Waals surface area contributed by atoms with Crippen LogP contribution in [0.2, 0.25) is 0 Å². The van der Waals surface area contributed by atoms with E-state index in [9.17, 15) is 0 Å². The molecule has 3 aromatic rings. The van der Waals surface area contributed by atoms with Crippen LogP contribution in [0, 0.1) is 0 Å². The number of nitrogens with one attached hydrogen (secondary N) is 2. The Morgan fingerprint density at radius 1 is 1.23 bits per heavy atom. The molecule has 1 aromatic carbocycles. The number of hydrogen-bond donors (Lipinski definition) is 2. The lowest BCUT2D eigenvalue weighted by molar-refractivity contribution is 0.544. The number of nitrogens with zero attached hydrogens (tertiary/aromatic N) is 2. The lowest BCUT2D eigenvalue weighted by atomic mass is 10.2. The number of fused-ring (bicyclic) bond motifs is 1. The van der Waals surface area contributed by atoms with Crippen LogP contribution >= 0.6 is 35.3 Å². The molecule has 26 heavy (non-hydrogen) atoms. The fourth-order valence-electron chi connectivity index (χ4n) is 2.54. The molecule has 140 valence electrons. The smallest absolute Gasteiger partial charge is 0.191 e. The third kappa shape index (κ3) is 5.70. The molecule has 0 aliphatic rings. The number of furan rings is 1. The molecule has 0 radical (unpaired) electrons. The van der Waals surface area contributed by atoms with Crippen LogP contribution in [0.25, 0.3) is 11.0 Å². The lowest BCUT2D eigenvalue weighted by Crippen LogP contribution is -2.38. The third-order valence-corrected chi connectivity index (χ3v) is 4.93. The van der Waals surface area contributed by atoms with Crippen molar-refractivity contribution in [3.05, 3.63) is 52.2 Å². The summed E-state index contributed by atoms with van der Waals surface area (Å²) in [5, 5.41) is 8.83. The first-order valence-corrected chi connectivity index (χ1v) is 9.53. The number of halogens is 1. The summed E-state index contributed by atoms with van der Waals surface area (Å²) in [7, 11) is 0.